The van der Waals surface area contributed by atoms with E-state index in [1.165, 1.54) is 42.1 Å². The van der Waals surface area contributed by atoms with Crippen LogP contribution >= 0.6 is 15.9 Å². The van der Waals surface area contributed by atoms with E-state index in [-0.39, 0.29) is 0 Å². The van der Waals surface area contributed by atoms with Crippen LogP contribution in [0, 0.1) is 0 Å². The van der Waals surface area contributed by atoms with E-state index in [2.05, 4.69) is 50.6 Å². The molecule has 1 fully saturated rings. The van der Waals surface area contributed by atoms with Gasteiger partial charge in [-0.2, -0.15) is 0 Å². The number of fused-ring (bicyclic) bond motifs is 1. The minimum absolute atomic E-state index is 0.732. The molecule has 2 nitrogen and oxygen atoms in total. The lowest BCUT2D eigenvalue weighted by Crippen LogP contribution is -2.25. The third-order valence-electron chi connectivity index (χ3n) is 3.67. The average molecular weight is 293 g/mol. The number of rotatable bonds is 3. The van der Waals surface area contributed by atoms with Crippen molar-refractivity contribution in [1.29, 1.82) is 0 Å². The normalized spacial score (nSPS) is 17.0. The van der Waals surface area contributed by atoms with Crippen LogP contribution in [0.3, 0.4) is 0 Å². The number of H-pyrrole nitrogens is 1. The molecular formula is C14H17BrN2. The van der Waals surface area contributed by atoms with Gasteiger partial charge in [0.15, 0.2) is 0 Å². The van der Waals surface area contributed by atoms with Crippen LogP contribution in [0.25, 0.3) is 10.9 Å². The SMILES string of the molecule is Brc1ccc2c(CNC3CCCC3)c[nH]c2c1. The summed E-state index contributed by atoms with van der Waals surface area (Å²) in [6.07, 6.45) is 7.58. The van der Waals surface area contributed by atoms with Gasteiger partial charge in [-0.3, -0.25) is 0 Å². The standard InChI is InChI=1S/C14H17BrN2/c15-11-5-6-13-10(9-17-14(13)7-11)8-16-12-3-1-2-4-12/h5-7,9,12,16-17H,1-4,8H2. The van der Waals surface area contributed by atoms with E-state index >= 15 is 0 Å². The predicted molar refractivity (Wildman–Crippen MR) is 75.1 cm³/mol. The Balaban J connectivity index is 1.76. The van der Waals surface area contributed by atoms with E-state index in [1.807, 2.05) is 0 Å². The monoisotopic (exact) mass is 292 g/mol. The highest BCUT2D eigenvalue weighted by molar-refractivity contribution is 9.10. The topological polar surface area (TPSA) is 27.8 Å². The first-order valence-electron chi connectivity index (χ1n) is 6.32. The molecule has 1 aromatic heterocycles. The van der Waals surface area contributed by atoms with E-state index < -0.39 is 0 Å². The fourth-order valence-corrected chi connectivity index (χ4v) is 3.05. The van der Waals surface area contributed by atoms with E-state index in [9.17, 15) is 0 Å². The number of nitrogens with one attached hydrogen (secondary N) is 2. The van der Waals surface area contributed by atoms with E-state index in [1.54, 1.807) is 0 Å². The van der Waals surface area contributed by atoms with Crippen molar-refractivity contribution < 1.29 is 0 Å². The minimum atomic E-state index is 0.732. The molecule has 0 atom stereocenters. The van der Waals surface area contributed by atoms with Crippen molar-refractivity contribution in [2.24, 2.45) is 0 Å². The van der Waals surface area contributed by atoms with Gasteiger partial charge in [-0.25, -0.2) is 0 Å². The van der Waals surface area contributed by atoms with Crippen molar-refractivity contribution in [1.82, 2.24) is 10.3 Å². The van der Waals surface area contributed by atoms with Crippen LogP contribution in [0.15, 0.2) is 28.9 Å². The maximum Gasteiger partial charge on any atom is 0.0468 e. The van der Waals surface area contributed by atoms with Gasteiger partial charge in [-0.15, -0.1) is 0 Å². The fraction of sp³-hybridized carbons (Fsp3) is 0.429. The maximum atomic E-state index is 3.66. The minimum Gasteiger partial charge on any atom is -0.361 e. The van der Waals surface area contributed by atoms with Gasteiger partial charge in [-0.1, -0.05) is 34.8 Å². The van der Waals surface area contributed by atoms with Crippen molar-refractivity contribution >= 4 is 26.8 Å². The predicted octanol–water partition coefficient (Wildman–Crippen LogP) is 3.96. The lowest BCUT2D eigenvalue weighted by molar-refractivity contribution is 0.525. The van der Waals surface area contributed by atoms with Gasteiger partial charge in [-0.05, 0) is 30.5 Å². The summed E-state index contributed by atoms with van der Waals surface area (Å²) in [6.45, 7) is 0.978. The largest absolute Gasteiger partial charge is 0.361 e. The first kappa shape index (κ1) is 11.3. The first-order chi connectivity index (χ1) is 8.33. The zero-order chi connectivity index (χ0) is 11.7. The molecule has 3 heteroatoms. The van der Waals surface area contributed by atoms with Gasteiger partial charge in [0.25, 0.3) is 0 Å². The summed E-state index contributed by atoms with van der Waals surface area (Å²) >= 11 is 3.50. The molecule has 90 valence electrons. The summed E-state index contributed by atoms with van der Waals surface area (Å²) in [5.74, 6) is 0. The molecule has 0 unspecified atom stereocenters. The zero-order valence-electron chi connectivity index (χ0n) is 9.80. The second-order valence-electron chi connectivity index (χ2n) is 4.87. The molecular weight excluding hydrogens is 276 g/mol. The van der Waals surface area contributed by atoms with Gasteiger partial charge >= 0.3 is 0 Å². The smallest absolute Gasteiger partial charge is 0.0468 e. The molecule has 17 heavy (non-hydrogen) atoms. The third kappa shape index (κ3) is 2.40. The molecule has 1 aromatic carbocycles. The highest BCUT2D eigenvalue weighted by Gasteiger charge is 2.14. The number of halogens is 1. The van der Waals surface area contributed by atoms with Crippen molar-refractivity contribution in [2.45, 2.75) is 38.3 Å². The second kappa shape index (κ2) is 4.83. The van der Waals surface area contributed by atoms with Crippen LogP contribution in [0.5, 0.6) is 0 Å². The maximum absolute atomic E-state index is 3.66. The highest BCUT2D eigenvalue weighted by atomic mass is 79.9. The molecule has 2 aromatic rings. The lowest BCUT2D eigenvalue weighted by Gasteiger charge is -2.10. The quantitative estimate of drug-likeness (QED) is 0.880. The molecule has 3 rings (SSSR count). The summed E-state index contributed by atoms with van der Waals surface area (Å²) < 4.78 is 1.13. The first-order valence-corrected chi connectivity index (χ1v) is 7.11. The average Bonchev–Trinajstić information content (AvgIpc) is 2.94. The highest BCUT2D eigenvalue weighted by Crippen LogP contribution is 2.23. The van der Waals surface area contributed by atoms with Gasteiger partial charge in [0.05, 0.1) is 0 Å². The van der Waals surface area contributed by atoms with Crippen LogP contribution in [0.1, 0.15) is 31.2 Å². The zero-order valence-corrected chi connectivity index (χ0v) is 11.4. The molecule has 2 N–H and O–H groups in total. The summed E-state index contributed by atoms with van der Waals surface area (Å²) in [4.78, 5) is 3.33. The molecule has 0 amide bonds. The molecule has 1 heterocycles. The molecule has 0 spiro atoms. The van der Waals surface area contributed by atoms with Gasteiger partial charge in [0, 0.05) is 34.2 Å². The van der Waals surface area contributed by atoms with Gasteiger partial charge in [0.1, 0.15) is 0 Å². The lowest BCUT2D eigenvalue weighted by atomic mass is 10.1. The number of aromatic nitrogens is 1. The number of hydrogen-bond acceptors (Lipinski definition) is 1. The second-order valence-corrected chi connectivity index (χ2v) is 5.78. The number of hydrogen-bond donors (Lipinski definition) is 2. The van der Waals surface area contributed by atoms with Crippen molar-refractivity contribution in [3.63, 3.8) is 0 Å². The Kier molecular flexibility index (Phi) is 3.21. The van der Waals surface area contributed by atoms with Gasteiger partial charge < -0.3 is 10.3 Å². The van der Waals surface area contributed by atoms with E-state index in [0.29, 0.717) is 0 Å². The summed E-state index contributed by atoms with van der Waals surface area (Å²) in [5.41, 5.74) is 2.59. The van der Waals surface area contributed by atoms with Crippen LogP contribution in [0.2, 0.25) is 0 Å². The van der Waals surface area contributed by atoms with Crippen molar-refractivity contribution in [2.75, 3.05) is 0 Å². The van der Waals surface area contributed by atoms with E-state index in [4.69, 9.17) is 0 Å². The Bertz CT molecular complexity index is 512. The Morgan fingerprint density at radius 3 is 2.94 bits per heavy atom. The van der Waals surface area contributed by atoms with Crippen molar-refractivity contribution in [3.8, 4) is 0 Å². The summed E-state index contributed by atoms with van der Waals surface area (Å²) in [6, 6.07) is 7.15. The van der Waals surface area contributed by atoms with E-state index in [0.717, 1.165) is 17.1 Å². The summed E-state index contributed by atoms with van der Waals surface area (Å²) in [7, 11) is 0. The number of aromatic amines is 1. The van der Waals surface area contributed by atoms with Gasteiger partial charge in [0.2, 0.25) is 0 Å². The molecule has 0 saturated heterocycles. The Hall–Kier alpha value is -0.800. The number of benzene rings is 1. The molecule has 0 aliphatic heterocycles. The molecule has 0 bridgehead atoms. The third-order valence-corrected chi connectivity index (χ3v) is 4.16. The Morgan fingerprint density at radius 2 is 2.12 bits per heavy atom. The molecule has 0 radical (unpaired) electrons. The molecule has 1 aliphatic rings. The van der Waals surface area contributed by atoms with Crippen molar-refractivity contribution in [3.05, 3.63) is 34.4 Å². The molecule has 1 aliphatic carbocycles. The molecule has 1 saturated carbocycles. The van der Waals surface area contributed by atoms with Crippen LogP contribution in [-0.4, -0.2) is 11.0 Å². The Morgan fingerprint density at radius 1 is 1.29 bits per heavy atom. The Labute approximate surface area is 110 Å². The fourth-order valence-electron chi connectivity index (χ4n) is 2.69. The van der Waals surface area contributed by atoms with Crippen LogP contribution in [-0.2, 0) is 6.54 Å². The summed E-state index contributed by atoms with van der Waals surface area (Å²) in [5, 5.41) is 4.99. The van der Waals surface area contributed by atoms with Crippen LogP contribution in [0.4, 0.5) is 0 Å². The van der Waals surface area contributed by atoms with Crippen LogP contribution < -0.4 is 5.32 Å².